The number of rotatable bonds is 2. The number of aromatic nitrogens is 2. The fourth-order valence-corrected chi connectivity index (χ4v) is 1.66. The molecule has 2 heterocycles. The minimum atomic E-state index is -0.454. The zero-order chi connectivity index (χ0) is 11.9. The van der Waals surface area contributed by atoms with Crippen LogP contribution in [-0.2, 0) is 25.3 Å². The summed E-state index contributed by atoms with van der Waals surface area (Å²) in [6, 6.07) is 0. The van der Waals surface area contributed by atoms with E-state index in [9.17, 15) is 14.4 Å². The molecule has 0 saturated carbocycles. The number of furan rings is 1. The molecule has 2 rings (SSSR count). The molecule has 16 heavy (non-hydrogen) atoms. The van der Waals surface area contributed by atoms with Crippen LogP contribution in [0.15, 0.2) is 20.3 Å². The minimum Gasteiger partial charge on any atom is -0.447 e. The number of hydrogen-bond acceptors (Lipinski definition) is 4. The maximum absolute atomic E-state index is 11.8. The lowest BCUT2D eigenvalue weighted by molar-refractivity contribution is -0.107. The van der Waals surface area contributed by atoms with Crippen LogP contribution in [0.25, 0.3) is 11.1 Å². The van der Waals surface area contributed by atoms with Crippen LogP contribution in [0.2, 0.25) is 0 Å². The van der Waals surface area contributed by atoms with Crippen LogP contribution in [0.4, 0.5) is 0 Å². The second-order valence-electron chi connectivity index (χ2n) is 3.52. The third-order valence-corrected chi connectivity index (χ3v) is 2.55. The van der Waals surface area contributed by atoms with E-state index in [1.165, 1.54) is 24.9 Å². The van der Waals surface area contributed by atoms with Crippen molar-refractivity contribution in [2.24, 2.45) is 14.1 Å². The van der Waals surface area contributed by atoms with Crippen LogP contribution in [0.3, 0.4) is 0 Å². The molecule has 0 aliphatic rings. The fraction of sp³-hybridized carbons (Fsp3) is 0.300. The first-order valence-corrected chi connectivity index (χ1v) is 4.67. The van der Waals surface area contributed by atoms with Gasteiger partial charge in [-0.05, 0) is 0 Å². The number of nitrogens with zero attached hydrogens (tertiary/aromatic N) is 2. The van der Waals surface area contributed by atoms with Gasteiger partial charge < -0.3 is 9.21 Å². The first-order valence-electron chi connectivity index (χ1n) is 4.67. The van der Waals surface area contributed by atoms with E-state index in [1.807, 2.05) is 0 Å². The van der Waals surface area contributed by atoms with E-state index >= 15 is 0 Å². The van der Waals surface area contributed by atoms with Crippen molar-refractivity contribution in [3.05, 3.63) is 32.7 Å². The first-order chi connectivity index (χ1) is 7.57. The lowest BCUT2D eigenvalue weighted by atomic mass is 10.2. The van der Waals surface area contributed by atoms with E-state index in [4.69, 9.17) is 4.42 Å². The van der Waals surface area contributed by atoms with Crippen LogP contribution in [0.1, 0.15) is 5.56 Å². The minimum absolute atomic E-state index is 0.0977. The molecule has 0 radical (unpaired) electrons. The molecule has 0 amide bonds. The second kappa shape index (κ2) is 3.48. The standard InChI is InChI=1S/C10H10N2O4/c1-11-8(14)7-6(3-4-13)5-16-9(7)12(2)10(11)15/h4-5H,3H2,1-2H3. The van der Waals surface area contributed by atoms with Gasteiger partial charge in [0.1, 0.15) is 11.7 Å². The highest BCUT2D eigenvalue weighted by Crippen LogP contribution is 2.15. The Kier molecular flexibility index (Phi) is 2.26. The molecule has 0 bridgehead atoms. The van der Waals surface area contributed by atoms with E-state index in [0.717, 1.165) is 4.57 Å². The first kappa shape index (κ1) is 10.4. The Bertz CT molecular complexity index is 674. The van der Waals surface area contributed by atoms with Crippen molar-refractivity contribution in [1.29, 1.82) is 0 Å². The van der Waals surface area contributed by atoms with Crippen LogP contribution in [-0.4, -0.2) is 15.4 Å². The molecule has 0 aromatic carbocycles. The van der Waals surface area contributed by atoms with Crippen LogP contribution >= 0.6 is 0 Å². The molecule has 2 aromatic heterocycles. The van der Waals surface area contributed by atoms with Gasteiger partial charge in [0.2, 0.25) is 5.71 Å². The van der Waals surface area contributed by atoms with Crippen molar-refractivity contribution in [3.63, 3.8) is 0 Å². The molecule has 0 aliphatic heterocycles. The number of aryl methyl sites for hydroxylation is 1. The van der Waals surface area contributed by atoms with Crippen molar-refractivity contribution < 1.29 is 9.21 Å². The highest BCUT2D eigenvalue weighted by molar-refractivity contribution is 5.79. The monoisotopic (exact) mass is 222 g/mol. The van der Waals surface area contributed by atoms with Gasteiger partial charge in [0.15, 0.2) is 0 Å². The summed E-state index contributed by atoms with van der Waals surface area (Å²) >= 11 is 0. The maximum atomic E-state index is 11.8. The third kappa shape index (κ3) is 1.23. The van der Waals surface area contributed by atoms with Gasteiger partial charge in [-0.2, -0.15) is 0 Å². The van der Waals surface area contributed by atoms with Crippen molar-refractivity contribution in [3.8, 4) is 0 Å². The third-order valence-electron chi connectivity index (χ3n) is 2.55. The number of carbonyl (C=O) groups excluding carboxylic acids is 1. The van der Waals surface area contributed by atoms with Gasteiger partial charge >= 0.3 is 5.69 Å². The SMILES string of the molecule is Cn1c(=O)c2c(CC=O)coc2n(C)c1=O. The number of aldehydes is 1. The normalized spacial score (nSPS) is 10.9. The topological polar surface area (TPSA) is 74.2 Å². The average molecular weight is 222 g/mol. The molecule has 0 unspecified atom stereocenters. The zero-order valence-electron chi connectivity index (χ0n) is 8.89. The summed E-state index contributed by atoms with van der Waals surface area (Å²) in [7, 11) is 2.90. The molecule has 0 aliphatic carbocycles. The lowest BCUT2D eigenvalue weighted by Gasteiger charge is -2.02. The Balaban J connectivity index is 3.00. The molecule has 0 N–H and O–H groups in total. The van der Waals surface area contributed by atoms with Crippen molar-refractivity contribution >= 4 is 17.4 Å². The summed E-state index contributed by atoms with van der Waals surface area (Å²) in [5.74, 6) is 0. The summed E-state index contributed by atoms with van der Waals surface area (Å²) in [5, 5.41) is 0.289. The van der Waals surface area contributed by atoms with E-state index < -0.39 is 11.2 Å². The van der Waals surface area contributed by atoms with E-state index in [0.29, 0.717) is 11.8 Å². The van der Waals surface area contributed by atoms with Crippen LogP contribution < -0.4 is 11.2 Å². The predicted octanol–water partition coefficient (Wildman–Crippen LogP) is -0.428. The zero-order valence-corrected chi connectivity index (χ0v) is 8.89. The smallest absolute Gasteiger partial charge is 0.333 e. The molecule has 6 nitrogen and oxygen atoms in total. The summed E-state index contributed by atoms with van der Waals surface area (Å²) in [4.78, 5) is 33.8. The quantitative estimate of drug-likeness (QED) is 0.646. The predicted molar refractivity (Wildman–Crippen MR) is 56.5 cm³/mol. The van der Waals surface area contributed by atoms with Crippen LogP contribution in [0, 0.1) is 0 Å². The Morgan fingerprint density at radius 2 is 2.00 bits per heavy atom. The Morgan fingerprint density at radius 1 is 1.31 bits per heavy atom. The van der Waals surface area contributed by atoms with Gasteiger partial charge in [-0.15, -0.1) is 0 Å². The van der Waals surface area contributed by atoms with Gasteiger partial charge in [-0.1, -0.05) is 0 Å². The Labute approximate surface area is 89.7 Å². The summed E-state index contributed by atoms with van der Waals surface area (Å²) < 4.78 is 7.37. The highest BCUT2D eigenvalue weighted by atomic mass is 16.3. The second-order valence-corrected chi connectivity index (χ2v) is 3.52. The van der Waals surface area contributed by atoms with E-state index in [-0.39, 0.29) is 17.5 Å². The lowest BCUT2D eigenvalue weighted by Crippen LogP contribution is -2.36. The van der Waals surface area contributed by atoms with Crippen molar-refractivity contribution in [2.45, 2.75) is 6.42 Å². The Morgan fingerprint density at radius 3 is 2.62 bits per heavy atom. The molecule has 0 fully saturated rings. The van der Waals surface area contributed by atoms with Crippen molar-refractivity contribution in [2.75, 3.05) is 0 Å². The number of fused-ring (bicyclic) bond motifs is 1. The van der Waals surface area contributed by atoms with E-state index in [1.54, 1.807) is 0 Å². The van der Waals surface area contributed by atoms with E-state index in [2.05, 4.69) is 0 Å². The molecular weight excluding hydrogens is 212 g/mol. The molecule has 0 saturated heterocycles. The van der Waals surface area contributed by atoms with Crippen LogP contribution in [0.5, 0.6) is 0 Å². The molecule has 84 valence electrons. The molecule has 6 heteroatoms. The fourth-order valence-electron chi connectivity index (χ4n) is 1.66. The summed E-state index contributed by atoms with van der Waals surface area (Å²) in [6.45, 7) is 0. The van der Waals surface area contributed by atoms with Gasteiger partial charge in [0.05, 0.1) is 6.26 Å². The summed E-state index contributed by atoms with van der Waals surface area (Å²) in [5.41, 5.74) is -0.195. The average Bonchev–Trinajstić information content (AvgIpc) is 2.68. The molecule has 0 atom stereocenters. The van der Waals surface area contributed by atoms with Gasteiger partial charge in [-0.3, -0.25) is 13.9 Å². The molecule has 2 aromatic rings. The van der Waals surface area contributed by atoms with Gasteiger partial charge in [0, 0.05) is 26.1 Å². The molecular formula is C10H10N2O4. The molecule has 0 spiro atoms. The summed E-state index contributed by atoms with van der Waals surface area (Å²) in [6.07, 6.45) is 2.12. The van der Waals surface area contributed by atoms with Gasteiger partial charge in [0.25, 0.3) is 5.56 Å². The van der Waals surface area contributed by atoms with Crippen molar-refractivity contribution in [1.82, 2.24) is 9.13 Å². The number of hydrogen-bond donors (Lipinski definition) is 0. The Hall–Kier alpha value is -2.11. The number of carbonyl (C=O) groups is 1. The maximum Gasteiger partial charge on any atom is 0.333 e. The highest BCUT2D eigenvalue weighted by Gasteiger charge is 2.15. The largest absolute Gasteiger partial charge is 0.447 e. The van der Waals surface area contributed by atoms with Gasteiger partial charge in [-0.25, -0.2) is 4.79 Å².